The Morgan fingerprint density at radius 3 is 2.39 bits per heavy atom. The number of ether oxygens (including phenoxy) is 2. The Morgan fingerprint density at radius 2 is 1.83 bits per heavy atom. The number of nitrogens with zero attached hydrogens (tertiary/aromatic N) is 1. The SMILES string of the molecule is CCOC(=O)CN1CCC(Oc2cc(CC)cc(C(Nc3ccc(C(=N)N)cc3)C(=O)[O-])c2)CC1.Cl. The lowest BCUT2D eigenvalue weighted by molar-refractivity contribution is -0.307. The molecule has 1 heterocycles. The molecule has 0 spiro atoms. The van der Waals surface area contributed by atoms with Crippen molar-refractivity contribution in [1.82, 2.24) is 4.90 Å². The van der Waals surface area contributed by atoms with E-state index in [1.165, 1.54) is 0 Å². The number of nitrogen functional groups attached to an aromatic ring is 1. The van der Waals surface area contributed by atoms with Crippen LogP contribution in [-0.4, -0.2) is 55.0 Å². The number of piperidine rings is 1. The molecule has 1 aliphatic rings. The van der Waals surface area contributed by atoms with E-state index >= 15 is 0 Å². The minimum Gasteiger partial charge on any atom is -0.548 e. The van der Waals surface area contributed by atoms with Crippen LogP contribution in [0, 0.1) is 5.41 Å². The van der Waals surface area contributed by atoms with Gasteiger partial charge in [0.25, 0.3) is 0 Å². The summed E-state index contributed by atoms with van der Waals surface area (Å²) in [4.78, 5) is 25.8. The lowest BCUT2D eigenvalue weighted by Crippen LogP contribution is -2.41. The highest BCUT2D eigenvalue weighted by atomic mass is 35.5. The van der Waals surface area contributed by atoms with Gasteiger partial charge in [0, 0.05) is 24.3 Å². The molecule has 0 radical (unpaired) electrons. The summed E-state index contributed by atoms with van der Waals surface area (Å²) in [5.41, 5.74) is 8.11. The number of carboxylic acid groups (broad SMARTS) is 1. The smallest absolute Gasteiger partial charge is 0.320 e. The third-order valence-corrected chi connectivity index (χ3v) is 5.97. The average molecular weight is 518 g/mol. The predicted molar refractivity (Wildman–Crippen MR) is 139 cm³/mol. The molecule has 1 aliphatic heterocycles. The molecule has 4 N–H and O–H groups in total. The van der Waals surface area contributed by atoms with Crippen LogP contribution in [0.4, 0.5) is 5.69 Å². The van der Waals surface area contributed by atoms with Crippen molar-refractivity contribution in [3.8, 4) is 5.75 Å². The van der Waals surface area contributed by atoms with Gasteiger partial charge in [-0.15, -0.1) is 12.4 Å². The quantitative estimate of drug-likeness (QED) is 0.234. The average Bonchev–Trinajstić information content (AvgIpc) is 2.83. The van der Waals surface area contributed by atoms with E-state index in [4.69, 9.17) is 20.6 Å². The first-order chi connectivity index (χ1) is 16.8. The van der Waals surface area contributed by atoms with Gasteiger partial charge in [-0.2, -0.15) is 0 Å². The number of aliphatic carboxylic acids is 1. The Balaban J connectivity index is 0.00000456. The number of aryl methyl sites for hydroxylation is 1. The summed E-state index contributed by atoms with van der Waals surface area (Å²) in [6.45, 7) is 5.90. The molecular weight excluding hydrogens is 484 g/mol. The fourth-order valence-electron chi connectivity index (χ4n) is 4.08. The highest BCUT2D eigenvalue weighted by molar-refractivity contribution is 5.95. The minimum atomic E-state index is -1.26. The molecule has 1 unspecified atom stereocenters. The van der Waals surface area contributed by atoms with Crippen molar-refractivity contribution in [2.45, 2.75) is 45.3 Å². The van der Waals surface area contributed by atoms with Gasteiger partial charge in [0.2, 0.25) is 0 Å². The maximum atomic E-state index is 12.0. The number of rotatable bonds is 11. The first-order valence-electron chi connectivity index (χ1n) is 11.9. The number of halogens is 1. The van der Waals surface area contributed by atoms with Gasteiger partial charge in [-0.1, -0.05) is 13.0 Å². The maximum Gasteiger partial charge on any atom is 0.320 e. The topological polar surface area (TPSA) is 141 Å². The van der Waals surface area contributed by atoms with Gasteiger partial charge in [-0.3, -0.25) is 15.1 Å². The first kappa shape index (κ1) is 28.9. The number of benzene rings is 2. The van der Waals surface area contributed by atoms with Crippen LogP contribution >= 0.6 is 12.4 Å². The van der Waals surface area contributed by atoms with Crippen LogP contribution in [-0.2, 0) is 20.7 Å². The van der Waals surface area contributed by atoms with Gasteiger partial charge in [0.1, 0.15) is 17.7 Å². The molecule has 1 atom stereocenters. The van der Waals surface area contributed by atoms with E-state index in [9.17, 15) is 14.7 Å². The van der Waals surface area contributed by atoms with E-state index in [-0.39, 0.29) is 36.9 Å². The van der Waals surface area contributed by atoms with E-state index in [2.05, 4.69) is 10.2 Å². The van der Waals surface area contributed by atoms with Crippen molar-refractivity contribution in [3.05, 3.63) is 59.2 Å². The molecule has 1 fully saturated rings. The molecule has 1 saturated heterocycles. The minimum absolute atomic E-state index is 0. The van der Waals surface area contributed by atoms with E-state index < -0.39 is 12.0 Å². The highest BCUT2D eigenvalue weighted by Crippen LogP contribution is 2.28. The summed E-state index contributed by atoms with van der Waals surface area (Å²) in [6, 6.07) is 11.1. The van der Waals surface area contributed by atoms with Crippen LogP contribution in [0.3, 0.4) is 0 Å². The van der Waals surface area contributed by atoms with Crippen LogP contribution < -0.4 is 20.9 Å². The van der Waals surface area contributed by atoms with Crippen molar-refractivity contribution in [1.29, 1.82) is 5.41 Å². The molecule has 0 saturated carbocycles. The molecule has 0 amide bonds. The maximum absolute atomic E-state index is 12.0. The van der Waals surface area contributed by atoms with Crippen molar-refractivity contribution in [2.24, 2.45) is 5.73 Å². The number of likely N-dealkylation sites (tertiary alicyclic amines) is 1. The van der Waals surface area contributed by atoms with Gasteiger partial charge in [0.05, 0.1) is 25.2 Å². The summed E-state index contributed by atoms with van der Waals surface area (Å²) >= 11 is 0. The number of hydrogen-bond acceptors (Lipinski definition) is 8. The van der Waals surface area contributed by atoms with Gasteiger partial charge >= 0.3 is 5.97 Å². The molecule has 0 aromatic heterocycles. The number of nitrogens with one attached hydrogen (secondary N) is 2. The van der Waals surface area contributed by atoms with E-state index in [1.54, 1.807) is 37.3 Å². The van der Waals surface area contributed by atoms with Crippen LogP contribution in [0.2, 0.25) is 0 Å². The summed E-state index contributed by atoms with van der Waals surface area (Å²) in [5.74, 6) is -0.920. The zero-order valence-corrected chi connectivity index (χ0v) is 21.4. The Bertz CT molecular complexity index is 1040. The standard InChI is InChI=1S/C26H34N4O5.ClH/c1-3-17-13-19(24(26(32)33)29-20-7-5-18(6-8-20)25(27)28)15-22(14-17)35-21-9-11-30(12-10-21)16-23(31)34-4-2;/h5-8,13-15,21,24,29H,3-4,9-12,16H2,1-2H3,(H3,27,28)(H,32,33);1H/p-1. The van der Waals surface area contributed by atoms with Gasteiger partial charge in [-0.25, -0.2) is 0 Å². The number of carbonyl (C=O) groups excluding carboxylic acids is 2. The van der Waals surface area contributed by atoms with E-state index in [0.717, 1.165) is 37.9 Å². The molecule has 10 heteroatoms. The van der Waals surface area contributed by atoms with Gasteiger partial charge in [0.15, 0.2) is 0 Å². The molecule has 3 rings (SSSR count). The third-order valence-electron chi connectivity index (χ3n) is 5.97. The number of esters is 1. The monoisotopic (exact) mass is 517 g/mol. The molecule has 9 nitrogen and oxygen atoms in total. The largest absolute Gasteiger partial charge is 0.548 e. The molecule has 2 aromatic rings. The number of hydrogen-bond donors (Lipinski definition) is 3. The summed E-state index contributed by atoms with van der Waals surface area (Å²) < 4.78 is 11.3. The van der Waals surface area contributed by atoms with E-state index in [1.807, 2.05) is 19.1 Å². The van der Waals surface area contributed by atoms with Crippen molar-refractivity contribution in [3.63, 3.8) is 0 Å². The number of nitrogens with two attached hydrogens (primary N) is 1. The van der Waals surface area contributed by atoms with Gasteiger partial charge in [-0.05, 0) is 73.7 Å². The zero-order chi connectivity index (χ0) is 25.4. The number of carboxylic acids is 1. The lowest BCUT2D eigenvalue weighted by atomic mass is 10.0. The van der Waals surface area contributed by atoms with Crippen molar-refractivity contribution in [2.75, 3.05) is 31.6 Å². The summed E-state index contributed by atoms with van der Waals surface area (Å²) in [5, 5.41) is 22.5. The molecule has 2 aromatic carbocycles. The van der Waals surface area contributed by atoms with Crippen LogP contribution in [0.25, 0.3) is 0 Å². The van der Waals surface area contributed by atoms with E-state index in [0.29, 0.717) is 29.2 Å². The van der Waals surface area contributed by atoms with Crippen molar-refractivity contribution >= 4 is 35.9 Å². The third kappa shape index (κ3) is 8.13. The van der Waals surface area contributed by atoms with Crippen LogP contribution in [0.1, 0.15) is 49.4 Å². The number of anilines is 1. The highest BCUT2D eigenvalue weighted by Gasteiger charge is 2.23. The zero-order valence-electron chi connectivity index (χ0n) is 20.6. The van der Waals surface area contributed by atoms with Crippen molar-refractivity contribution < 1.29 is 24.2 Å². The summed E-state index contributed by atoms with van der Waals surface area (Å²) in [7, 11) is 0. The Kier molecular flexibility index (Phi) is 11.0. The van der Waals surface area contributed by atoms with Gasteiger partial charge < -0.3 is 30.4 Å². The fraction of sp³-hybridized carbons (Fsp3) is 0.423. The normalized spacial score (nSPS) is 14.8. The lowest BCUT2D eigenvalue weighted by Gasteiger charge is -2.31. The second kappa shape index (κ2) is 13.7. The predicted octanol–water partition coefficient (Wildman–Crippen LogP) is 2.26. The summed E-state index contributed by atoms with van der Waals surface area (Å²) in [6.07, 6.45) is 2.21. The second-order valence-electron chi connectivity index (χ2n) is 8.55. The number of carbonyl (C=O) groups is 2. The number of amidine groups is 1. The molecule has 196 valence electrons. The van der Waals surface area contributed by atoms with Crippen LogP contribution in [0.5, 0.6) is 5.75 Å². The van der Waals surface area contributed by atoms with Crippen LogP contribution in [0.15, 0.2) is 42.5 Å². The second-order valence-corrected chi connectivity index (χ2v) is 8.55. The Labute approximate surface area is 217 Å². The molecule has 36 heavy (non-hydrogen) atoms. The Hall–Kier alpha value is -3.30. The molecule has 0 aliphatic carbocycles. The fourth-order valence-corrected chi connectivity index (χ4v) is 4.08. The first-order valence-corrected chi connectivity index (χ1v) is 11.9. The molecule has 0 bridgehead atoms. The Morgan fingerprint density at radius 1 is 1.17 bits per heavy atom. The molecular formula is C26H34ClN4O5-.